The molecule has 0 bridgehead atoms. The topological polar surface area (TPSA) is 58.6 Å². The number of hydrogen-bond donors (Lipinski definition) is 1. The van der Waals surface area contributed by atoms with Crippen molar-refractivity contribution in [2.75, 3.05) is 32.8 Å². The summed E-state index contributed by atoms with van der Waals surface area (Å²) in [6.45, 7) is 6.31. The van der Waals surface area contributed by atoms with Gasteiger partial charge in [-0.1, -0.05) is 13.8 Å². The zero-order valence-electron chi connectivity index (χ0n) is 8.69. The van der Waals surface area contributed by atoms with Gasteiger partial charge in [-0.15, -0.1) is 0 Å². The number of rotatable bonds is 4. The van der Waals surface area contributed by atoms with Crippen molar-refractivity contribution < 1.29 is 13.2 Å². The predicted molar refractivity (Wildman–Crippen MR) is 54.2 cm³/mol. The van der Waals surface area contributed by atoms with Gasteiger partial charge in [-0.05, 0) is 5.92 Å². The quantitative estimate of drug-likeness (QED) is 0.717. The predicted octanol–water partition coefficient (Wildman–Crippen LogP) is -0.191. The summed E-state index contributed by atoms with van der Waals surface area (Å²) < 4.78 is 32.4. The highest BCUT2D eigenvalue weighted by atomic mass is 32.2. The number of nitrogens with one attached hydrogen (secondary N) is 1. The zero-order valence-corrected chi connectivity index (χ0v) is 9.51. The maximum absolute atomic E-state index is 11.6. The highest BCUT2D eigenvalue weighted by Crippen LogP contribution is 2.03. The smallest absolute Gasteiger partial charge is 0.279 e. The number of nitrogens with zero attached hydrogens (tertiary/aromatic N) is 1. The van der Waals surface area contributed by atoms with Crippen LogP contribution in [0.3, 0.4) is 0 Å². The first-order chi connectivity index (χ1) is 6.52. The van der Waals surface area contributed by atoms with Crippen molar-refractivity contribution in [3.63, 3.8) is 0 Å². The molecule has 1 fully saturated rings. The Bertz CT molecular complexity index is 258. The minimum atomic E-state index is -3.28. The maximum Gasteiger partial charge on any atom is 0.279 e. The normalized spacial score (nSPS) is 20.2. The lowest BCUT2D eigenvalue weighted by atomic mass is 10.2. The standard InChI is InChI=1S/C8H18N2O3S/c1-8(2)7-9-14(11,12)10-3-5-13-6-4-10/h8-9H,3-7H2,1-2H3. The largest absolute Gasteiger partial charge is 0.379 e. The minimum absolute atomic E-state index is 0.325. The zero-order chi connectivity index (χ0) is 10.6. The number of ether oxygens (including phenoxy) is 1. The molecule has 1 aliphatic heterocycles. The van der Waals surface area contributed by atoms with E-state index in [-0.39, 0.29) is 0 Å². The second kappa shape index (κ2) is 5.06. The number of hydrogen-bond acceptors (Lipinski definition) is 3. The van der Waals surface area contributed by atoms with Crippen LogP contribution in [0.5, 0.6) is 0 Å². The first kappa shape index (κ1) is 11.9. The van der Waals surface area contributed by atoms with Gasteiger partial charge >= 0.3 is 0 Å². The Morgan fingerprint density at radius 2 is 1.93 bits per heavy atom. The van der Waals surface area contributed by atoms with Gasteiger partial charge in [0.25, 0.3) is 10.2 Å². The molecule has 0 saturated carbocycles. The van der Waals surface area contributed by atoms with Crippen LogP contribution < -0.4 is 4.72 Å². The van der Waals surface area contributed by atoms with Crippen LogP contribution in [-0.2, 0) is 14.9 Å². The van der Waals surface area contributed by atoms with E-state index in [1.54, 1.807) is 0 Å². The molecule has 0 spiro atoms. The average molecular weight is 222 g/mol. The van der Waals surface area contributed by atoms with Gasteiger partial charge in [-0.3, -0.25) is 0 Å². The molecule has 0 unspecified atom stereocenters. The van der Waals surface area contributed by atoms with Gasteiger partial charge in [0.15, 0.2) is 0 Å². The van der Waals surface area contributed by atoms with Gasteiger partial charge in [0, 0.05) is 19.6 Å². The Morgan fingerprint density at radius 1 is 1.36 bits per heavy atom. The summed E-state index contributed by atoms with van der Waals surface area (Å²) in [5.41, 5.74) is 0. The summed E-state index contributed by atoms with van der Waals surface area (Å²) in [5.74, 6) is 0.325. The first-order valence-corrected chi connectivity index (χ1v) is 6.29. The van der Waals surface area contributed by atoms with E-state index >= 15 is 0 Å². The van der Waals surface area contributed by atoms with Crippen LogP contribution in [0.1, 0.15) is 13.8 Å². The highest BCUT2D eigenvalue weighted by molar-refractivity contribution is 7.87. The SMILES string of the molecule is CC(C)CNS(=O)(=O)N1CCOCC1. The van der Waals surface area contributed by atoms with E-state index in [0.717, 1.165) is 0 Å². The van der Waals surface area contributed by atoms with Gasteiger partial charge in [0.05, 0.1) is 13.2 Å². The molecule has 1 heterocycles. The molecule has 0 aromatic heterocycles. The van der Waals surface area contributed by atoms with E-state index in [9.17, 15) is 8.42 Å². The van der Waals surface area contributed by atoms with Gasteiger partial charge in [-0.25, -0.2) is 4.72 Å². The van der Waals surface area contributed by atoms with E-state index in [0.29, 0.717) is 38.8 Å². The van der Waals surface area contributed by atoms with Crippen LogP contribution >= 0.6 is 0 Å². The second-order valence-electron chi connectivity index (χ2n) is 3.76. The third kappa shape index (κ3) is 3.53. The summed E-state index contributed by atoms with van der Waals surface area (Å²) in [6.07, 6.45) is 0. The van der Waals surface area contributed by atoms with Crippen LogP contribution in [0.2, 0.25) is 0 Å². The van der Waals surface area contributed by atoms with E-state index in [2.05, 4.69) is 4.72 Å². The molecule has 1 saturated heterocycles. The van der Waals surface area contributed by atoms with Crippen molar-refractivity contribution in [1.29, 1.82) is 0 Å². The molecule has 0 aromatic carbocycles. The van der Waals surface area contributed by atoms with Gasteiger partial charge in [-0.2, -0.15) is 12.7 Å². The molecule has 5 nitrogen and oxygen atoms in total. The summed E-state index contributed by atoms with van der Waals surface area (Å²) in [5, 5.41) is 0. The summed E-state index contributed by atoms with van der Waals surface area (Å²) in [7, 11) is -3.28. The van der Waals surface area contributed by atoms with E-state index in [1.807, 2.05) is 13.8 Å². The molecule has 0 radical (unpaired) electrons. The third-order valence-corrected chi connectivity index (χ3v) is 3.56. The fraction of sp³-hybridized carbons (Fsp3) is 1.00. The van der Waals surface area contributed by atoms with Gasteiger partial charge in [0.2, 0.25) is 0 Å². The maximum atomic E-state index is 11.6. The molecule has 0 aromatic rings. The van der Waals surface area contributed by atoms with Crippen molar-refractivity contribution in [1.82, 2.24) is 9.03 Å². The molecule has 84 valence electrons. The number of morpholine rings is 1. The molecular formula is C8H18N2O3S. The van der Waals surface area contributed by atoms with Crippen molar-refractivity contribution in [3.8, 4) is 0 Å². The van der Waals surface area contributed by atoms with Gasteiger partial charge < -0.3 is 4.74 Å². The van der Waals surface area contributed by atoms with Crippen LogP contribution in [0.4, 0.5) is 0 Å². The minimum Gasteiger partial charge on any atom is -0.379 e. The summed E-state index contributed by atoms with van der Waals surface area (Å²) >= 11 is 0. The molecule has 0 atom stereocenters. The van der Waals surface area contributed by atoms with Crippen LogP contribution in [0, 0.1) is 5.92 Å². The monoisotopic (exact) mass is 222 g/mol. The van der Waals surface area contributed by atoms with Crippen molar-refractivity contribution in [2.24, 2.45) is 5.92 Å². The van der Waals surface area contributed by atoms with Crippen LogP contribution in [-0.4, -0.2) is 45.6 Å². The Balaban J connectivity index is 2.46. The van der Waals surface area contributed by atoms with Crippen molar-refractivity contribution in [3.05, 3.63) is 0 Å². The fourth-order valence-electron chi connectivity index (χ4n) is 1.15. The summed E-state index contributed by atoms with van der Waals surface area (Å²) in [6, 6.07) is 0. The lowest BCUT2D eigenvalue weighted by molar-refractivity contribution is 0.0724. The van der Waals surface area contributed by atoms with E-state index < -0.39 is 10.2 Å². The fourth-order valence-corrected chi connectivity index (χ4v) is 2.51. The van der Waals surface area contributed by atoms with E-state index in [4.69, 9.17) is 4.74 Å². The Kier molecular flexibility index (Phi) is 4.31. The Labute approximate surface area is 85.6 Å². The molecule has 14 heavy (non-hydrogen) atoms. The molecule has 1 N–H and O–H groups in total. The molecule has 0 aliphatic carbocycles. The summed E-state index contributed by atoms with van der Waals surface area (Å²) in [4.78, 5) is 0. The first-order valence-electron chi connectivity index (χ1n) is 4.85. The molecular weight excluding hydrogens is 204 g/mol. The average Bonchev–Trinajstić information content (AvgIpc) is 2.16. The Morgan fingerprint density at radius 3 is 2.43 bits per heavy atom. The van der Waals surface area contributed by atoms with Crippen LogP contribution in [0.15, 0.2) is 0 Å². The lowest BCUT2D eigenvalue weighted by Gasteiger charge is -2.26. The highest BCUT2D eigenvalue weighted by Gasteiger charge is 2.23. The third-order valence-electron chi connectivity index (χ3n) is 1.98. The van der Waals surface area contributed by atoms with Crippen molar-refractivity contribution in [2.45, 2.75) is 13.8 Å². The molecule has 0 amide bonds. The second-order valence-corrected chi connectivity index (χ2v) is 5.51. The van der Waals surface area contributed by atoms with Crippen LogP contribution in [0.25, 0.3) is 0 Å². The van der Waals surface area contributed by atoms with Gasteiger partial charge in [0.1, 0.15) is 0 Å². The molecule has 6 heteroatoms. The molecule has 1 rings (SSSR count). The van der Waals surface area contributed by atoms with E-state index in [1.165, 1.54) is 4.31 Å². The lowest BCUT2D eigenvalue weighted by Crippen LogP contribution is -2.47. The molecule has 1 aliphatic rings. The Hall–Kier alpha value is -0.170. The van der Waals surface area contributed by atoms with Crippen molar-refractivity contribution >= 4 is 10.2 Å².